The van der Waals surface area contributed by atoms with E-state index in [-0.39, 0.29) is 0 Å². The van der Waals surface area contributed by atoms with E-state index in [4.69, 9.17) is 0 Å². The molecule has 5 rings (SSSR count). The van der Waals surface area contributed by atoms with Crippen molar-refractivity contribution in [3.8, 4) is 22.6 Å². The average molecular weight is 353 g/mol. The van der Waals surface area contributed by atoms with Crippen molar-refractivity contribution in [3.05, 3.63) is 78.9 Å². The van der Waals surface area contributed by atoms with Gasteiger partial charge in [-0.15, -0.1) is 10.2 Å². The van der Waals surface area contributed by atoms with Crippen LogP contribution in [0.4, 0.5) is 0 Å². The predicted octanol–water partition coefficient (Wildman–Crippen LogP) is 2.29. The van der Waals surface area contributed by atoms with Gasteiger partial charge in [-0.3, -0.25) is 4.98 Å². The fraction of sp³-hybridized carbons (Fsp3) is 0.0526. The minimum absolute atomic E-state index is 0.545. The van der Waals surface area contributed by atoms with E-state index in [0.717, 1.165) is 22.4 Å². The van der Waals surface area contributed by atoms with E-state index in [1.54, 1.807) is 34.1 Å². The van der Waals surface area contributed by atoms with Gasteiger partial charge in [0, 0.05) is 29.7 Å². The molecule has 0 unspecified atom stereocenters. The number of tetrazole rings is 1. The Hall–Kier alpha value is -3.94. The second kappa shape index (κ2) is 6.41. The van der Waals surface area contributed by atoms with Gasteiger partial charge in [0.15, 0.2) is 5.65 Å². The van der Waals surface area contributed by atoms with Crippen LogP contribution in [0.5, 0.6) is 0 Å². The molecule has 8 nitrogen and oxygen atoms in total. The molecule has 4 heterocycles. The van der Waals surface area contributed by atoms with Crippen molar-refractivity contribution in [3.63, 3.8) is 0 Å². The van der Waals surface area contributed by atoms with Gasteiger partial charge >= 0.3 is 0 Å². The van der Waals surface area contributed by atoms with Crippen LogP contribution in [0.2, 0.25) is 0 Å². The number of hydrogen-bond acceptors (Lipinski definition) is 6. The van der Waals surface area contributed by atoms with Crippen LogP contribution in [-0.2, 0) is 6.54 Å². The van der Waals surface area contributed by atoms with Gasteiger partial charge in [0.1, 0.15) is 0 Å². The van der Waals surface area contributed by atoms with Crippen molar-refractivity contribution in [2.24, 2.45) is 0 Å². The first kappa shape index (κ1) is 15.3. The van der Waals surface area contributed by atoms with Crippen molar-refractivity contribution in [2.45, 2.75) is 6.54 Å². The molecule has 0 fully saturated rings. The topological polar surface area (TPSA) is 86.7 Å². The quantitative estimate of drug-likeness (QED) is 0.493. The van der Waals surface area contributed by atoms with Crippen LogP contribution in [0.3, 0.4) is 0 Å². The van der Waals surface area contributed by atoms with Gasteiger partial charge in [-0.2, -0.15) is 9.90 Å². The highest BCUT2D eigenvalue weighted by Crippen LogP contribution is 2.24. The van der Waals surface area contributed by atoms with Crippen LogP contribution in [0.1, 0.15) is 5.56 Å². The average Bonchev–Trinajstić information content (AvgIpc) is 3.38. The molecular weight excluding hydrogens is 340 g/mol. The van der Waals surface area contributed by atoms with Gasteiger partial charge < -0.3 is 0 Å². The normalized spacial score (nSPS) is 11.1. The first-order chi connectivity index (χ1) is 13.4. The van der Waals surface area contributed by atoms with Gasteiger partial charge in [-0.05, 0) is 35.0 Å². The van der Waals surface area contributed by atoms with E-state index >= 15 is 0 Å². The Morgan fingerprint density at radius 3 is 2.78 bits per heavy atom. The Balaban J connectivity index is 1.49. The molecule has 0 N–H and O–H groups in total. The summed E-state index contributed by atoms with van der Waals surface area (Å²) in [5.74, 6) is 0.572. The number of hydrogen-bond donors (Lipinski definition) is 0. The highest BCUT2D eigenvalue weighted by Gasteiger charge is 2.10. The molecule has 4 aromatic heterocycles. The number of fused-ring (bicyclic) bond motifs is 1. The third-order valence-electron chi connectivity index (χ3n) is 4.17. The summed E-state index contributed by atoms with van der Waals surface area (Å²) in [5.41, 5.74) is 4.54. The molecule has 0 aliphatic heterocycles. The summed E-state index contributed by atoms with van der Waals surface area (Å²) in [4.78, 5) is 9.84. The van der Waals surface area contributed by atoms with Gasteiger partial charge in [0.25, 0.3) is 0 Å². The molecule has 0 aliphatic carbocycles. The number of pyridine rings is 1. The molecule has 1 aromatic carbocycles. The van der Waals surface area contributed by atoms with E-state index < -0.39 is 0 Å². The van der Waals surface area contributed by atoms with Gasteiger partial charge in [-0.25, -0.2) is 9.50 Å². The summed E-state index contributed by atoms with van der Waals surface area (Å²) in [6, 6.07) is 16.7. The highest BCUT2D eigenvalue weighted by atomic mass is 15.6. The zero-order valence-electron chi connectivity index (χ0n) is 14.1. The van der Waals surface area contributed by atoms with Crippen LogP contribution in [0.25, 0.3) is 28.3 Å². The van der Waals surface area contributed by atoms with Crippen molar-refractivity contribution in [1.82, 2.24) is 39.8 Å². The van der Waals surface area contributed by atoms with E-state index in [1.807, 2.05) is 42.5 Å². The molecule has 1 radical (unpaired) electrons. The Bertz CT molecular complexity index is 1210. The monoisotopic (exact) mass is 353 g/mol. The van der Waals surface area contributed by atoms with Crippen LogP contribution in [0, 0.1) is 6.07 Å². The number of rotatable bonds is 4. The largest absolute Gasteiger partial charge is 0.265 e. The lowest BCUT2D eigenvalue weighted by atomic mass is 10.1. The zero-order chi connectivity index (χ0) is 18.1. The van der Waals surface area contributed by atoms with E-state index in [1.165, 1.54) is 0 Å². The SMILES string of the molecule is [c]1cnn2c(-c3cccc(-c4nnn(Cc5ccncc5)n4)c3)ccnc12. The molecule has 129 valence electrons. The lowest BCUT2D eigenvalue weighted by molar-refractivity contribution is 0.572. The minimum atomic E-state index is 0.545. The van der Waals surface area contributed by atoms with E-state index in [0.29, 0.717) is 18.0 Å². The summed E-state index contributed by atoms with van der Waals surface area (Å²) in [7, 11) is 0. The minimum Gasteiger partial charge on any atom is -0.265 e. The Morgan fingerprint density at radius 2 is 1.85 bits per heavy atom. The number of benzene rings is 1. The predicted molar refractivity (Wildman–Crippen MR) is 97.4 cm³/mol. The maximum Gasteiger partial charge on any atom is 0.204 e. The third-order valence-corrected chi connectivity index (χ3v) is 4.17. The zero-order valence-corrected chi connectivity index (χ0v) is 14.1. The van der Waals surface area contributed by atoms with Crippen molar-refractivity contribution in [2.75, 3.05) is 0 Å². The standard InChI is InChI=1S/C19H13N8/c1-2-15(17-6-10-21-18-7-11-22-27(17)18)12-16(3-1)19-23-25-26(24-19)13-14-4-8-20-9-5-14/h1-6,8-12H,13H2. The fourth-order valence-electron chi connectivity index (χ4n) is 2.89. The molecular formula is C19H13N8. The number of aromatic nitrogens is 8. The van der Waals surface area contributed by atoms with Crippen LogP contribution >= 0.6 is 0 Å². The first-order valence-corrected chi connectivity index (χ1v) is 8.35. The maximum absolute atomic E-state index is 4.50. The molecule has 0 amide bonds. The summed E-state index contributed by atoms with van der Waals surface area (Å²) in [6.07, 6.45) is 6.86. The second-order valence-electron chi connectivity index (χ2n) is 5.93. The number of nitrogens with zero attached hydrogens (tertiary/aromatic N) is 8. The second-order valence-corrected chi connectivity index (χ2v) is 5.93. The molecule has 5 aromatic rings. The summed E-state index contributed by atoms with van der Waals surface area (Å²) in [6.45, 7) is 0.545. The molecule has 0 bridgehead atoms. The van der Waals surface area contributed by atoms with Gasteiger partial charge in [0.2, 0.25) is 5.82 Å². The van der Waals surface area contributed by atoms with Gasteiger partial charge in [-0.1, -0.05) is 18.2 Å². The summed E-state index contributed by atoms with van der Waals surface area (Å²) < 4.78 is 1.76. The molecule has 0 saturated heterocycles. The van der Waals surface area contributed by atoms with Crippen LogP contribution in [0.15, 0.2) is 67.3 Å². The van der Waals surface area contributed by atoms with Crippen LogP contribution < -0.4 is 0 Å². The van der Waals surface area contributed by atoms with Crippen molar-refractivity contribution < 1.29 is 0 Å². The third kappa shape index (κ3) is 2.93. The molecule has 0 spiro atoms. The Kier molecular flexibility index (Phi) is 3.64. The van der Waals surface area contributed by atoms with Crippen molar-refractivity contribution >= 4 is 5.65 Å². The molecule has 27 heavy (non-hydrogen) atoms. The van der Waals surface area contributed by atoms with E-state index in [9.17, 15) is 0 Å². The fourth-order valence-corrected chi connectivity index (χ4v) is 2.89. The highest BCUT2D eigenvalue weighted by molar-refractivity contribution is 5.68. The lowest BCUT2D eigenvalue weighted by Crippen LogP contribution is -2.03. The molecule has 8 heteroatoms. The van der Waals surface area contributed by atoms with Gasteiger partial charge in [0.05, 0.1) is 24.5 Å². The summed E-state index contributed by atoms with van der Waals surface area (Å²) in [5, 5.41) is 17.1. The molecule has 0 saturated carbocycles. The molecule has 0 atom stereocenters. The smallest absolute Gasteiger partial charge is 0.204 e. The summed E-state index contributed by atoms with van der Waals surface area (Å²) >= 11 is 0. The maximum atomic E-state index is 4.50. The Morgan fingerprint density at radius 1 is 0.963 bits per heavy atom. The van der Waals surface area contributed by atoms with E-state index in [2.05, 4.69) is 36.5 Å². The first-order valence-electron chi connectivity index (χ1n) is 8.35. The van der Waals surface area contributed by atoms with Crippen molar-refractivity contribution in [1.29, 1.82) is 0 Å². The van der Waals surface area contributed by atoms with Crippen LogP contribution in [-0.4, -0.2) is 39.8 Å². The Labute approximate surface area is 154 Å². The molecule has 0 aliphatic rings. The lowest BCUT2D eigenvalue weighted by Gasteiger charge is -2.05.